The molecule has 0 spiro atoms. The lowest BCUT2D eigenvalue weighted by Crippen LogP contribution is -2.34. The first-order valence-corrected chi connectivity index (χ1v) is 11.6. The van der Waals surface area contributed by atoms with Crippen molar-refractivity contribution in [3.63, 3.8) is 0 Å². The van der Waals surface area contributed by atoms with Crippen molar-refractivity contribution in [1.29, 1.82) is 0 Å². The summed E-state index contributed by atoms with van der Waals surface area (Å²) in [5, 5.41) is 6.03. The molecule has 9 heteroatoms. The van der Waals surface area contributed by atoms with Gasteiger partial charge in [0.25, 0.3) is 5.56 Å². The summed E-state index contributed by atoms with van der Waals surface area (Å²) in [4.78, 5) is 35.5. The average Bonchev–Trinajstić information content (AvgIpc) is 3.21. The van der Waals surface area contributed by atoms with Crippen LogP contribution in [0.1, 0.15) is 12.7 Å². The van der Waals surface area contributed by atoms with Crippen LogP contribution >= 0.6 is 34.5 Å². The summed E-state index contributed by atoms with van der Waals surface area (Å²) >= 11 is 13.7. The predicted molar refractivity (Wildman–Crippen MR) is 132 cm³/mol. The number of fused-ring (bicyclic) bond motifs is 1. The lowest BCUT2D eigenvalue weighted by molar-refractivity contribution is -0.117. The van der Waals surface area contributed by atoms with E-state index in [4.69, 9.17) is 23.2 Å². The third-order valence-electron chi connectivity index (χ3n) is 4.99. The molecule has 0 aliphatic rings. The summed E-state index contributed by atoms with van der Waals surface area (Å²) < 4.78 is 0. The van der Waals surface area contributed by atoms with E-state index in [2.05, 4.69) is 15.3 Å². The van der Waals surface area contributed by atoms with Gasteiger partial charge in [-0.05, 0) is 24.2 Å². The Morgan fingerprint density at radius 1 is 1.12 bits per heavy atom. The smallest absolute Gasteiger partial charge is 0.260 e. The van der Waals surface area contributed by atoms with Crippen LogP contribution in [-0.4, -0.2) is 33.9 Å². The van der Waals surface area contributed by atoms with E-state index in [-0.39, 0.29) is 18.0 Å². The van der Waals surface area contributed by atoms with Crippen LogP contribution in [0.15, 0.2) is 58.7 Å². The van der Waals surface area contributed by atoms with E-state index in [0.29, 0.717) is 44.9 Å². The number of nitrogens with one attached hydrogen (secondary N) is 2. The van der Waals surface area contributed by atoms with Gasteiger partial charge in [0.1, 0.15) is 10.7 Å². The molecule has 0 saturated heterocycles. The highest BCUT2D eigenvalue weighted by molar-refractivity contribution is 7.17. The molecule has 32 heavy (non-hydrogen) atoms. The second-order valence-corrected chi connectivity index (χ2v) is 8.83. The number of carbonyl (C=O) groups excluding carboxylic acids is 1. The Morgan fingerprint density at radius 3 is 2.53 bits per heavy atom. The molecule has 0 unspecified atom stereocenters. The molecule has 0 saturated carbocycles. The second kappa shape index (κ2) is 9.83. The number of para-hydroxylation sites is 1. The molecular weight excluding hydrogens is 467 g/mol. The third kappa shape index (κ3) is 4.86. The van der Waals surface area contributed by atoms with Gasteiger partial charge >= 0.3 is 0 Å². The van der Waals surface area contributed by atoms with Gasteiger partial charge < -0.3 is 10.3 Å². The molecule has 2 N–H and O–H groups in total. The lowest BCUT2D eigenvalue weighted by atomic mass is 10.1. The number of aromatic nitrogens is 2. The van der Waals surface area contributed by atoms with Gasteiger partial charge in [0.05, 0.1) is 34.2 Å². The van der Waals surface area contributed by atoms with Crippen molar-refractivity contribution < 1.29 is 4.79 Å². The molecule has 0 bridgehead atoms. The Balaban J connectivity index is 1.51. The second-order valence-electron chi connectivity index (χ2n) is 7.16. The van der Waals surface area contributed by atoms with Gasteiger partial charge in [-0.1, -0.05) is 66.5 Å². The highest BCUT2D eigenvalue weighted by atomic mass is 35.5. The van der Waals surface area contributed by atoms with Crippen molar-refractivity contribution in [2.24, 2.45) is 0 Å². The van der Waals surface area contributed by atoms with E-state index in [1.807, 2.05) is 47.5 Å². The molecule has 0 radical (unpaired) electrons. The standard InChI is InChI=1S/C23H20Cl2N4O2S/c1-2-29(12-19(30)28-21-16(24)9-6-10-17(21)25)11-18-26-22(31)20-15(13-32-23(20)27-18)14-7-4-3-5-8-14/h3-10,13H,2,11-12H2,1H3,(H,28,30)(H,26,27,31). The normalized spacial score (nSPS) is 11.2. The molecule has 4 aromatic rings. The summed E-state index contributed by atoms with van der Waals surface area (Å²) in [6.07, 6.45) is 0. The number of aromatic amines is 1. The Bertz CT molecular complexity index is 1300. The van der Waals surface area contributed by atoms with Gasteiger partial charge in [-0.25, -0.2) is 4.98 Å². The molecule has 164 valence electrons. The molecule has 2 aromatic carbocycles. The van der Waals surface area contributed by atoms with Crippen molar-refractivity contribution in [1.82, 2.24) is 14.9 Å². The SMILES string of the molecule is CCN(CC(=O)Nc1c(Cl)cccc1Cl)Cc1nc2scc(-c3ccccc3)c2c(=O)[nH]1. The van der Waals surface area contributed by atoms with Crippen LogP contribution in [0.25, 0.3) is 21.3 Å². The van der Waals surface area contributed by atoms with Crippen LogP contribution in [0.4, 0.5) is 5.69 Å². The average molecular weight is 487 g/mol. The van der Waals surface area contributed by atoms with E-state index in [1.54, 1.807) is 18.2 Å². The molecule has 4 rings (SSSR count). The maximum Gasteiger partial charge on any atom is 0.260 e. The van der Waals surface area contributed by atoms with E-state index in [0.717, 1.165) is 11.1 Å². The Morgan fingerprint density at radius 2 is 1.84 bits per heavy atom. The molecular formula is C23H20Cl2N4O2S. The number of likely N-dealkylation sites (N-methyl/N-ethyl adjacent to an activating group) is 1. The van der Waals surface area contributed by atoms with Crippen LogP contribution in [0.5, 0.6) is 0 Å². The van der Waals surface area contributed by atoms with Crippen molar-refractivity contribution in [3.05, 3.63) is 80.1 Å². The van der Waals surface area contributed by atoms with Crippen LogP contribution in [0.3, 0.4) is 0 Å². The van der Waals surface area contributed by atoms with E-state index in [1.165, 1.54) is 11.3 Å². The zero-order valence-corrected chi connectivity index (χ0v) is 19.5. The molecule has 2 heterocycles. The number of halogens is 2. The highest BCUT2D eigenvalue weighted by Gasteiger charge is 2.17. The molecule has 0 fully saturated rings. The number of carbonyl (C=O) groups is 1. The summed E-state index contributed by atoms with van der Waals surface area (Å²) in [6.45, 7) is 2.94. The number of thiophene rings is 1. The largest absolute Gasteiger partial charge is 0.322 e. The maximum absolute atomic E-state index is 12.8. The van der Waals surface area contributed by atoms with Crippen molar-refractivity contribution in [2.45, 2.75) is 13.5 Å². The van der Waals surface area contributed by atoms with Crippen LogP contribution in [-0.2, 0) is 11.3 Å². The Hall–Kier alpha value is -2.71. The topological polar surface area (TPSA) is 78.1 Å². The number of anilines is 1. The first kappa shape index (κ1) is 22.5. The summed E-state index contributed by atoms with van der Waals surface area (Å²) in [5.74, 6) is 0.252. The first-order chi connectivity index (χ1) is 15.5. The number of H-pyrrole nitrogens is 1. The Kier molecular flexibility index (Phi) is 6.91. The third-order valence-corrected chi connectivity index (χ3v) is 6.49. The number of amides is 1. The number of benzene rings is 2. The maximum atomic E-state index is 12.8. The van der Waals surface area contributed by atoms with E-state index < -0.39 is 0 Å². The number of nitrogens with zero attached hydrogens (tertiary/aromatic N) is 2. The molecule has 0 aliphatic heterocycles. The van der Waals surface area contributed by atoms with E-state index in [9.17, 15) is 9.59 Å². The van der Waals surface area contributed by atoms with Gasteiger partial charge in [-0.3, -0.25) is 14.5 Å². The number of rotatable bonds is 7. The summed E-state index contributed by atoms with van der Waals surface area (Å²) in [5.41, 5.74) is 2.04. The van der Waals surface area contributed by atoms with Gasteiger partial charge in [0.15, 0.2) is 0 Å². The fraction of sp³-hybridized carbons (Fsp3) is 0.174. The molecule has 1 amide bonds. The van der Waals surface area contributed by atoms with Crippen molar-refractivity contribution in [2.75, 3.05) is 18.4 Å². The molecule has 0 atom stereocenters. The minimum absolute atomic E-state index is 0.0967. The quantitative estimate of drug-likeness (QED) is 0.365. The van der Waals surface area contributed by atoms with Crippen molar-refractivity contribution in [3.8, 4) is 11.1 Å². The number of hydrogen-bond acceptors (Lipinski definition) is 5. The Labute approximate surface area is 198 Å². The fourth-order valence-corrected chi connectivity index (χ4v) is 4.85. The lowest BCUT2D eigenvalue weighted by Gasteiger charge is -2.19. The molecule has 6 nitrogen and oxygen atoms in total. The highest BCUT2D eigenvalue weighted by Crippen LogP contribution is 2.31. The van der Waals surface area contributed by atoms with Gasteiger partial charge in [0.2, 0.25) is 5.91 Å². The monoisotopic (exact) mass is 486 g/mol. The predicted octanol–water partition coefficient (Wildman–Crippen LogP) is 5.42. The molecule has 0 aliphatic carbocycles. The summed E-state index contributed by atoms with van der Waals surface area (Å²) in [6, 6.07) is 14.8. The van der Waals surface area contributed by atoms with Crippen LogP contribution < -0.4 is 10.9 Å². The number of hydrogen-bond donors (Lipinski definition) is 2. The van der Waals surface area contributed by atoms with Crippen molar-refractivity contribution >= 4 is 56.3 Å². The van der Waals surface area contributed by atoms with Crippen LogP contribution in [0, 0.1) is 0 Å². The zero-order valence-electron chi connectivity index (χ0n) is 17.2. The first-order valence-electron chi connectivity index (χ1n) is 9.98. The zero-order chi connectivity index (χ0) is 22.7. The minimum Gasteiger partial charge on any atom is -0.322 e. The summed E-state index contributed by atoms with van der Waals surface area (Å²) in [7, 11) is 0. The fourth-order valence-electron chi connectivity index (χ4n) is 3.39. The van der Waals surface area contributed by atoms with Gasteiger partial charge in [-0.2, -0.15) is 0 Å². The minimum atomic E-state index is -0.257. The van der Waals surface area contributed by atoms with Crippen LogP contribution in [0.2, 0.25) is 10.0 Å². The van der Waals surface area contributed by atoms with E-state index >= 15 is 0 Å². The van der Waals surface area contributed by atoms with Gasteiger partial charge in [-0.15, -0.1) is 11.3 Å². The molecule has 2 aromatic heterocycles. The van der Waals surface area contributed by atoms with Gasteiger partial charge in [0, 0.05) is 10.9 Å².